The third-order valence-electron chi connectivity index (χ3n) is 4.45. The number of amides is 1. The zero-order valence-corrected chi connectivity index (χ0v) is 15.0. The predicted molar refractivity (Wildman–Crippen MR) is 96.0 cm³/mol. The van der Waals surface area contributed by atoms with E-state index in [9.17, 15) is 9.59 Å². The Morgan fingerprint density at radius 3 is 3.00 bits per heavy atom. The van der Waals surface area contributed by atoms with Gasteiger partial charge in [-0.1, -0.05) is 6.07 Å². The van der Waals surface area contributed by atoms with Crippen LogP contribution in [-0.4, -0.2) is 41.2 Å². The van der Waals surface area contributed by atoms with Gasteiger partial charge in [0.15, 0.2) is 0 Å². The minimum Gasteiger partial charge on any atom is -0.379 e. The lowest BCUT2D eigenvalue weighted by Gasteiger charge is -2.32. The average molecular weight is 357 g/mol. The Morgan fingerprint density at radius 1 is 1.42 bits per heavy atom. The number of aryl methyl sites for hydroxylation is 2. The summed E-state index contributed by atoms with van der Waals surface area (Å²) >= 11 is 0. The van der Waals surface area contributed by atoms with Gasteiger partial charge in [-0.2, -0.15) is 0 Å². The number of carbonyl (C=O) groups excluding carboxylic acids is 1. The number of aromatic nitrogens is 2. The Balaban J connectivity index is 1.68. The van der Waals surface area contributed by atoms with Gasteiger partial charge in [0, 0.05) is 24.6 Å². The van der Waals surface area contributed by atoms with Gasteiger partial charge in [-0.25, -0.2) is 0 Å². The minimum atomic E-state index is -0.252. The molecule has 1 aliphatic heterocycles. The molecule has 0 unspecified atom stereocenters. The second-order valence-electron chi connectivity index (χ2n) is 6.43. The second kappa shape index (κ2) is 8.25. The summed E-state index contributed by atoms with van der Waals surface area (Å²) in [7, 11) is 0. The van der Waals surface area contributed by atoms with Crippen molar-refractivity contribution in [3.8, 4) is 0 Å². The van der Waals surface area contributed by atoms with Crippen LogP contribution >= 0.6 is 0 Å². The number of ether oxygens (including phenoxy) is 2. The number of carbonyl (C=O) groups is 1. The van der Waals surface area contributed by atoms with Crippen LogP contribution in [0.25, 0.3) is 0 Å². The normalized spacial score (nSPS) is 19.9. The fraction of sp³-hybridized carbons (Fsp3) is 0.421. The highest BCUT2D eigenvalue weighted by Gasteiger charge is 2.29. The molecule has 1 amide bonds. The predicted octanol–water partition coefficient (Wildman–Crippen LogP) is 1.49. The lowest BCUT2D eigenvalue weighted by molar-refractivity contribution is -0.0743. The Kier molecular flexibility index (Phi) is 5.80. The Labute approximate surface area is 151 Å². The molecule has 2 N–H and O–H groups in total. The molecule has 2 aromatic rings. The third-order valence-corrected chi connectivity index (χ3v) is 4.45. The maximum atomic E-state index is 12.7. The molecule has 0 radical (unpaired) electrons. The summed E-state index contributed by atoms with van der Waals surface area (Å²) in [6.07, 6.45) is 2.13. The number of hydrogen-bond donors (Lipinski definition) is 2. The first-order valence-electron chi connectivity index (χ1n) is 8.65. The van der Waals surface area contributed by atoms with E-state index in [2.05, 4.69) is 15.3 Å². The molecule has 0 saturated carbocycles. The van der Waals surface area contributed by atoms with Gasteiger partial charge in [0.1, 0.15) is 6.10 Å². The molecule has 138 valence electrons. The van der Waals surface area contributed by atoms with E-state index in [0.29, 0.717) is 43.1 Å². The topological polar surface area (TPSA) is 93.3 Å². The number of nitrogens with zero attached hydrogens (tertiary/aromatic N) is 1. The van der Waals surface area contributed by atoms with Crippen molar-refractivity contribution >= 4 is 5.91 Å². The van der Waals surface area contributed by atoms with Gasteiger partial charge in [-0.3, -0.25) is 14.6 Å². The van der Waals surface area contributed by atoms with Crippen molar-refractivity contribution < 1.29 is 14.3 Å². The number of aromatic amines is 1. The Morgan fingerprint density at radius 2 is 2.27 bits per heavy atom. The van der Waals surface area contributed by atoms with Crippen LogP contribution in [0.15, 0.2) is 35.3 Å². The molecule has 2 aromatic heterocycles. The Hall–Kier alpha value is -2.51. The van der Waals surface area contributed by atoms with Gasteiger partial charge in [-0.05, 0) is 38.0 Å². The van der Waals surface area contributed by atoms with Crippen LogP contribution < -0.4 is 10.9 Å². The molecule has 2 atom stereocenters. The van der Waals surface area contributed by atoms with Crippen LogP contribution in [0.5, 0.6) is 0 Å². The van der Waals surface area contributed by atoms with E-state index in [1.165, 1.54) is 6.07 Å². The molecule has 26 heavy (non-hydrogen) atoms. The van der Waals surface area contributed by atoms with Crippen molar-refractivity contribution in [2.24, 2.45) is 0 Å². The van der Waals surface area contributed by atoms with E-state index < -0.39 is 0 Å². The first-order valence-corrected chi connectivity index (χ1v) is 8.65. The summed E-state index contributed by atoms with van der Waals surface area (Å²) in [4.78, 5) is 31.2. The SMILES string of the molecule is Cc1cc(=O)[nH]c(C)c1C(=O)N[C@@H]1CCOC[C@H]1OCc1ccccn1. The fourth-order valence-electron chi connectivity index (χ4n) is 3.16. The van der Waals surface area contributed by atoms with E-state index in [1.807, 2.05) is 18.2 Å². The van der Waals surface area contributed by atoms with Crippen LogP contribution in [0.2, 0.25) is 0 Å². The number of hydrogen-bond acceptors (Lipinski definition) is 5. The lowest BCUT2D eigenvalue weighted by Crippen LogP contribution is -2.50. The molecule has 7 heteroatoms. The first-order chi connectivity index (χ1) is 12.5. The molecule has 7 nitrogen and oxygen atoms in total. The van der Waals surface area contributed by atoms with E-state index in [4.69, 9.17) is 9.47 Å². The molecule has 1 saturated heterocycles. The maximum absolute atomic E-state index is 12.7. The molecular formula is C19H23N3O4. The largest absolute Gasteiger partial charge is 0.379 e. The maximum Gasteiger partial charge on any atom is 0.253 e. The Bertz CT molecular complexity index is 793. The number of nitrogens with one attached hydrogen (secondary N) is 2. The van der Waals surface area contributed by atoms with Gasteiger partial charge in [0.05, 0.1) is 30.5 Å². The molecular weight excluding hydrogens is 334 g/mol. The van der Waals surface area contributed by atoms with Gasteiger partial charge in [-0.15, -0.1) is 0 Å². The van der Waals surface area contributed by atoms with Crippen molar-refractivity contribution in [3.63, 3.8) is 0 Å². The van der Waals surface area contributed by atoms with Crippen molar-refractivity contribution in [1.82, 2.24) is 15.3 Å². The summed E-state index contributed by atoms with van der Waals surface area (Å²) in [5.74, 6) is -0.213. The fourth-order valence-corrected chi connectivity index (χ4v) is 3.16. The summed E-state index contributed by atoms with van der Waals surface area (Å²) in [5.41, 5.74) is 2.33. The monoisotopic (exact) mass is 357 g/mol. The number of rotatable bonds is 5. The highest BCUT2D eigenvalue weighted by molar-refractivity contribution is 5.96. The standard InChI is InChI=1S/C19H23N3O4/c1-12-9-17(23)21-13(2)18(12)19(24)22-15-6-8-25-11-16(15)26-10-14-5-3-4-7-20-14/h3-5,7,9,15-16H,6,8,10-11H2,1-2H3,(H,21,23)(H,22,24)/t15-,16-/m1/s1. The van der Waals surface area contributed by atoms with Crippen LogP contribution in [0.4, 0.5) is 0 Å². The summed E-state index contributed by atoms with van der Waals surface area (Å²) < 4.78 is 11.4. The smallest absolute Gasteiger partial charge is 0.253 e. The van der Waals surface area contributed by atoms with E-state index in [-0.39, 0.29) is 23.6 Å². The molecule has 3 heterocycles. The van der Waals surface area contributed by atoms with E-state index >= 15 is 0 Å². The van der Waals surface area contributed by atoms with Crippen LogP contribution in [-0.2, 0) is 16.1 Å². The van der Waals surface area contributed by atoms with Gasteiger partial charge >= 0.3 is 0 Å². The van der Waals surface area contributed by atoms with Crippen LogP contribution in [0.3, 0.4) is 0 Å². The molecule has 0 aliphatic carbocycles. The number of pyridine rings is 2. The highest BCUT2D eigenvalue weighted by atomic mass is 16.5. The highest BCUT2D eigenvalue weighted by Crippen LogP contribution is 2.16. The summed E-state index contributed by atoms with van der Waals surface area (Å²) in [6, 6.07) is 6.92. The third kappa shape index (κ3) is 4.36. The van der Waals surface area contributed by atoms with Crippen molar-refractivity contribution in [2.45, 2.75) is 39.0 Å². The second-order valence-corrected chi connectivity index (χ2v) is 6.43. The average Bonchev–Trinajstić information content (AvgIpc) is 2.61. The first kappa shape index (κ1) is 18.3. The minimum absolute atomic E-state index is 0.161. The quantitative estimate of drug-likeness (QED) is 0.846. The zero-order chi connectivity index (χ0) is 18.5. The lowest BCUT2D eigenvalue weighted by atomic mass is 10.0. The number of H-pyrrole nitrogens is 1. The molecule has 3 rings (SSSR count). The van der Waals surface area contributed by atoms with Crippen molar-refractivity contribution in [3.05, 3.63) is 63.3 Å². The van der Waals surface area contributed by atoms with Crippen LogP contribution in [0.1, 0.15) is 33.7 Å². The summed E-state index contributed by atoms with van der Waals surface area (Å²) in [5, 5.41) is 3.04. The molecule has 0 spiro atoms. The zero-order valence-electron chi connectivity index (χ0n) is 15.0. The molecule has 1 fully saturated rings. The summed E-state index contributed by atoms with van der Waals surface area (Å²) in [6.45, 7) is 4.83. The van der Waals surface area contributed by atoms with Gasteiger partial charge in [0.2, 0.25) is 5.56 Å². The van der Waals surface area contributed by atoms with Gasteiger partial charge in [0.25, 0.3) is 5.91 Å². The van der Waals surface area contributed by atoms with Crippen molar-refractivity contribution in [2.75, 3.05) is 13.2 Å². The van der Waals surface area contributed by atoms with E-state index in [0.717, 1.165) is 5.69 Å². The molecule has 0 aromatic carbocycles. The van der Waals surface area contributed by atoms with Crippen molar-refractivity contribution in [1.29, 1.82) is 0 Å². The van der Waals surface area contributed by atoms with E-state index in [1.54, 1.807) is 20.0 Å². The van der Waals surface area contributed by atoms with Gasteiger partial charge < -0.3 is 19.8 Å². The molecule has 0 bridgehead atoms. The van der Waals surface area contributed by atoms with Crippen LogP contribution in [0, 0.1) is 13.8 Å². The molecule has 1 aliphatic rings.